The first-order valence-electron chi connectivity index (χ1n) is 7.01. The maximum absolute atomic E-state index is 5.68. The van der Waals surface area contributed by atoms with Crippen LogP contribution < -0.4 is 5.32 Å². The molecule has 1 N–H and O–H groups in total. The Hall–Kier alpha value is -0.770. The Morgan fingerprint density at radius 1 is 1.24 bits per heavy atom. The third kappa shape index (κ3) is 3.87. The van der Waals surface area contributed by atoms with Crippen LogP contribution in [0.15, 0.2) is 4.99 Å². The fraction of sp³-hybridized carbons (Fsp3) is 0.923. The van der Waals surface area contributed by atoms with Crippen LogP contribution >= 0.6 is 0 Å². The molecule has 0 amide bonds. The van der Waals surface area contributed by atoms with E-state index < -0.39 is 0 Å². The molecule has 0 atom stereocenters. The van der Waals surface area contributed by atoms with Crippen molar-refractivity contribution in [3.63, 3.8) is 0 Å². The summed E-state index contributed by atoms with van der Waals surface area (Å²) in [6, 6.07) is 0.685. The van der Waals surface area contributed by atoms with E-state index in [2.05, 4.69) is 29.1 Å². The van der Waals surface area contributed by atoms with Crippen LogP contribution in [0, 0.1) is 0 Å². The van der Waals surface area contributed by atoms with Crippen molar-refractivity contribution in [3.8, 4) is 0 Å². The number of nitrogens with zero attached hydrogens (tertiary/aromatic N) is 2. The van der Waals surface area contributed by atoms with Gasteiger partial charge >= 0.3 is 0 Å². The molecule has 4 heteroatoms. The van der Waals surface area contributed by atoms with Gasteiger partial charge in [-0.15, -0.1) is 0 Å². The number of hydrogen-bond donors (Lipinski definition) is 1. The molecular formula is C13H25N3O. The fourth-order valence-electron chi connectivity index (χ4n) is 2.27. The minimum atomic E-state index is 0.458. The number of ether oxygens (including phenoxy) is 1. The van der Waals surface area contributed by atoms with Crippen LogP contribution in [0.2, 0.25) is 0 Å². The Labute approximate surface area is 104 Å². The molecule has 0 aromatic carbocycles. The van der Waals surface area contributed by atoms with E-state index in [-0.39, 0.29) is 0 Å². The smallest absolute Gasteiger partial charge is 0.194 e. The molecule has 2 fully saturated rings. The molecule has 2 aliphatic rings. The minimum Gasteiger partial charge on any atom is -0.378 e. The van der Waals surface area contributed by atoms with Gasteiger partial charge in [0.1, 0.15) is 0 Å². The molecule has 1 saturated carbocycles. The molecule has 0 aromatic heterocycles. The molecule has 1 saturated heterocycles. The zero-order valence-corrected chi connectivity index (χ0v) is 11.1. The fourth-order valence-corrected chi connectivity index (χ4v) is 2.27. The number of likely N-dealkylation sites (tertiary alicyclic amines) is 1. The van der Waals surface area contributed by atoms with Gasteiger partial charge in [0, 0.05) is 32.3 Å². The largest absolute Gasteiger partial charge is 0.378 e. The van der Waals surface area contributed by atoms with Gasteiger partial charge in [-0.05, 0) is 39.5 Å². The van der Waals surface area contributed by atoms with Crippen molar-refractivity contribution in [2.75, 3.05) is 26.2 Å². The minimum absolute atomic E-state index is 0.458. The first-order valence-corrected chi connectivity index (χ1v) is 7.01. The van der Waals surface area contributed by atoms with Gasteiger partial charge in [0.2, 0.25) is 0 Å². The van der Waals surface area contributed by atoms with Gasteiger partial charge in [0.15, 0.2) is 5.96 Å². The lowest BCUT2D eigenvalue weighted by atomic mass is 10.1. The van der Waals surface area contributed by atoms with Crippen molar-refractivity contribution < 1.29 is 4.74 Å². The number of piperidine rings is 1. The summed E-state index contributed by atoms with van der Waals surface area (Å²) in [4.78, 5) is 6.98. The van der Waals surface area contributed by atoms with Gasteiger partial charge in [-0.3, -0.25) is 4.99 Å². The summed E-state index contributed by atoms with van der Waals surface area (Å²) in [5.41, 5.74) is 0. The van der Waals surface area contributed by atoms with Crippen LogP contribution in [0.4, 0.5) is 0 Å². The van der Waals surface area contributed by atoms with E-state index in [4.69, 9.17) is 4.74 Å². The lowest BCUT2D eigenvalue weighted by molar-refractivity contribution is 0.0263. The standard InChI is InChI=1S/C13H25N3O/c1-3-14-13(15-11-5-6-11)16-9-7-12(8-10-16)17-4-2/h11-12H,3-10H2,1-2H3,(H,14,15). The Balaban J connectivity index is 1.81. The van der Waals surface area contributed by atoms with E-state index >= 15 is 0 Å². The maximum Gasteiger partial charge on any atom is 0.194 e. The Morgan fingerprint density at radius 2 is 1.94 bits per heavy atom. The summed E-state index contributed by atoms with van der Waals surface area (Å²) in [5.74, 6) is 1.12. The van der Waals surface area contributed by atoms with Crippen molar-refractivity contribution in [1.82, 2.24) is 10.2 Å². The maximum atomic E-state index is 5.68. The molecule has 0 spiro atoms. The summed E-state index contributed by atoms with van der Waals surface area (Å²) in [5, 5.41) is 3.54. The zero-order chi connectivity index (χ0) is 12.1. The van der Waals surface area contributed by atoms with Gasteiger partial charge in [-0.25, -0.2) is 0 Å². The van der Waals surface area contributed by atoms with Crippen LogP contribution in [0.1, 0.15) is 39.5 Å². The predicted octanol–water partition coefficient (Wildman–Crippen LogP) is 1.62. The second-order valence-electron chi connectivity index (χ2n) is 4.86. The molecule has 98 valence electrons. The highest BCUT2D eigenvalue weighted by Gasteiger charge is 2.27. The van der Waals surface area contributed by atoms with Crippen molar-refractivity contribution in [3.05, 3.63) is 0 Å². The number of guanidine groups is 1. The summed E-state index contributed by atoms with van der Waals surface area (Å²) in [6.45, 7) is 8.01. The van der Waals surface area contributed by atoms with E-state index in [1.807, 2.05) is 0 Å². The normalized spacial score (nSPS) is 22.9. The highest BCUT2D eigenvalue weighted by atomic mass is 16.5. The third-order valence-corrected chi connectivity index (χ3v) is 3.36. The summed E-state index contributed by atoms with van der Waals surface area (Å²) < 4.78 is 5.68. The van der Waals surface area contributed by atoms with Crippen molar-refractivity contribution in [1.29, 1.82) is 0 Å². The molecule has 4 nitrogen and oxygen atoms in total. The molecule has 2 rings (SSSR count). The van der Waals surface area contributed by atoms with Crippen LogP contribution in [0.5, 0.6) is 0 Å². The first-order chi connectivity index (χ1) is 8.33. The van der Waals surface area contributed by atoms with E-state index in [1.165, 1.54) is 12.8 Å². The van der Waals surface area contributed by atoms with Crippen LogP contribution in [-0.2, 0) is 4.74 Å². The van der Waals surface area contributed by atoms with E-state index in [9.17, 15) is 0 Å². The molecule has 1 aliphatic carbocycles. The first kappa shape index (κ1) is 12.7. The van der Waals surface area contributed by atoms with Gasteiger partial charge in [-0.1, -0.05) is 0 Å². The topological polar surface area (TPSA) is 36.9 Å². The lowest BCUT2D eigenvalue weighted by Crippen LogP contribution is -2.47. The van der Waals surface area contributed by atoms with Crippen LogP contribution in [0.25, 0.3) is 0 Å². The molecule has 1 aliphatic heterocycles. The lowest BCUT2D eigenvalue weighted by Gasteiger charge is -2.34. The molecule has 17 heavy (non-hydrogen) atoms. The molecule has 0 bridgehead atoms. The average molecular weight is 239 g/mol. The zero-order valence-electron chi connectivity index (χ0n) is 11.1. The van der Waals surface area contributed by atoms with Gasteiger partial charge in [0.05, 0.1) is 6.10 Å². The van der Waals surface area contributed by atoms with E-state index in [1.54, 1.807) is 0 Å². The Kier molecular flexibility index (Phi) is 4.66. The highest BCUT2D eigenvalue weighted by Crippen LogP contribution is 2.20. The molecule has 0 aromatic rings. The average Bonchev–Trinajstić information content (AvgIpc) is 3.14. The second-order valence-corrected chi connectivity index (χ2v) is 4.86. The second kappa shape index (κ2) is 6.24. The summed E-state index contributed by atoms with van der Waals surface area (Å²) in [7, 11) is 0. The SMILES string of the molecule is CCN=C(NC1CC1)N1CCC(OCC)CC1. The number of aliphatic imine (C=N–C) groups is 1. The van der Waals surface area contributed by atoms with Crippen LogP contribution in [0.3, 0.4) is 0 Å². The number of nitrogens with one attached hydrogen (secondary N) is 1. The number of rotatable bonds is 4. The molecule has 1 heterocycles. The van der Waals surface area contributed by atoms with Crippen molar-refractivity contribution in [2.24, 2.45) is 4.99 Å². The third-order valence-electron chi connectivity index (χ3n) is 3.36. The Morgan fingerprint density at radius 3 is 2.47 bits per heavy atom. The van der Waals surface area contributed by atoms with E-state index in [0.717, 1.165) is 45.0 Å². The predicted molar refractivity (Wildman–Crippen MR) is 70.4 cm³/mol. The molecule has 0 unspecified atom stereocenters. The van der Waals surface area contributed by atoms with Gasteiger partial charge in [-0.2, -0.15) is 0 Å². The molecular weight excluding hydrogens is 214 g/mol. The highest BCUT2D eigenvalue weighted by molar-refractivity contribution is 5.80. The Bertz CT molecular complexity index is 255. The van der Waals surface area contributed by atoms with Crippen molar-refractivity contribution in [2.45, 2.75) is 51.7 Å². The quantitative estimate of drug-likeness (QED) is 0.598. The van der Waals surface area contributed by atoms with Crippen molar-refractivity contribution >= 4 is 5.96 Å². The van der Waals surface area contributed by atoms with Gasteiger partial charge < -0.3 is 15.0 Å². The van der Waals surface area contributed by atoms with Gasteiger partial charge in [0.25, 0.3) is 0 Å². The van der Waals surface area contributed by atoms with Crippen LogP contribution in [-0.4, -0.2) is 49.2 Å². The number of hydrogen-bond acceptors (Lipinski definition) is 2. The monoisotopic (exact) mass is 239 g/mol. The molecule has 0 radical (unpaired) electrons. The van der Waals surface area contributed by atoms with E-state index in [0.29, 0.717) is 12.1 Å². The summed E-state index contributed by atoms with van der Waals surface area (Å²) in [6.07, 6.45) is 5.32. The summed E-state index contributed by atoms with van der Waals surface area (Å²) >= 11 is 0.